The molecule has 2 amide bonds. The first-order valence-corrected chi connectivity index (χ1v) is 13.5. The van der Waals surface area contributed by atoms with Crippen LogP contribution >= 0.6 is 23.1 Å². The summed E-state index contributed by atoms with van der Waals surface area (Å²) < 4.78 is 5.60. The third kappa shape index (κ3) is 6.33. The van der Waals surface area contributed by atoms with E-state index in [1.54, 1.807) is 18.5 Å². The van der Waals surface area contributed by atoms with Gasteiger partial charge in [-0.3, -0.25) is 14.6 Å². The molecule has 3 aromatic rings. The molecule has 9 heteroatoms. The Bertz CT molecular complexity index is 1300. The Morgan fingerprint density at radius 3 is 2.86 bits per heavy atom. The van der Waals surface area contributed by atoms with E-state index in [-0.39, 0.29) is 11.1 Å². The van der Waals surface area contributed by atoms with Gasteiger partial charge in [0.15, 0.2) is 0 Å². The number of nitriles is 1. The molecule has 4 rings (SSSR count). The number of hydrogen-bond donors (Lipinski definition) is 1. The standard InChI is InChI=1S/C27H26N4O3S2/c1-2-34-23-6-4-3-5-20(23)7-8-25(32)30-26-22(17-28)21-11-15-31(18-24(21)36-26)27(33)35-16-12-19-9-13-29-14-10-19/h3-10,13-14H,2,11-12,15-16,18H2,1H3,(H,30,32)/b8-7+. The van der Waals surface area contributed by atoms with E-state index < -0.39 is 0 Å². The van der Waals surface area contributed by atoms with Gasteiger partial charge in [0, 0.05) is 41.2 Å². The predicted molar refractivity (Wildman–Crippen MR) is 144 cm³/mol. The number of thioether (sulfide) groups is 1. The van der Waals surface area contributed by atoms with Gasteiger partial charge in [-0.2, -0.15) is 5.26 Å². The molecule has 0 unspecified atom stereocenters. The van der Waals surface area contributed by atoms with E-state index in [1.807, 2.05) is 48.2 Å². The van der Waals surface area contributed by atoms with Gasteiger partial charge in [-0.25, -0.2) is 0 Å². The van der Waals surface area contributed by atoms with E-state index in [4.69, 9.17) is 4.74 Å². The second kappa shape index (κ2) is 12.4. The number of amides is 2. The van der Waals surface area contributed by atoms with Crippen molar-refractivity contribution in [2.45, 2.75) is 26.3 Å². The number of rotatable bonds is 8. The molecule has 0 fully saturated rings. The summed E-state index contributed by atoms with van der Waals surface area (Å²) in [5.74, 6) is 1.08. The first kappa shape index (κ1) is 25.5. The minimum absolute atomic E-state index is 0.0306. The number of aryl methyl sites for hydroxylation is 1. The highest BCUT2D eigenvalue weighted by Gasteiger charge is 2.27. The largest absolute Gasteiger partial charge is 0.493 e. The van der Waals surface area contributed by atoms with Crippen LogP contribution in [0.15, 0.2) is 54.9 Å². The molecule has 36 heavy (non-hydrogen) atoms. The summed E-state index contributed by atoms with van der Waals surface area (Å²) >= 11 is 2.67. The number of anilines is 1. The molecule has 1 aromatic carbocycles. The Morgan fingerprint density at radius 1 is 1.28 bits per heavy atom. The average Bonchev–Trinajstić information content (AvgIpc) is 3.24. The third-order valence-corrected chi connectivity index (χ3v) is 7.71. The van der Waals surface area contributed by atoms with Gasteiger partial charge < -0.3 is 15.0 Å². The summed E-state index contributed by atoms with van der Waals surface area (Å²) in [4.78, 5) is 32.2. The van der Waals surface area contributed by atoms with Crippen LogP contribution < -0.4 is 10.1 Å². The average molecular weight is 519 g/mol. The number of thiophene rings is 1. The lowest BCUT2D eigenvalue weighted by atomic mass is 10.0. The molecular weight excluding hydrogens is 492 g/mol. The number of hydrogen-bond acceptors (Lipinski definition) is 7. The first-order chi connectivity index (χ1) is 17.6. The monoisotopic (exact) mass is 518 g/mol. The number of fused-ring (bicyclic) bond motifs is 1. The maximum absolute atomic E-state index is 12.8. The quantitative estimate of drug-likeness (QED) is 0.395. The van der Waals surface area contributed by atoms with Gasteiger partial charge in [0.05, 0.1) is 18.7 Å². The van der Waals surface area contributed by atoms with Crippen molar-refractivity contribution in [3.05, 3.63) is 82.0 Å². The second-order valence-electron chi connectivity index (χ2n) is 8.00. The van der Waals surface area contributed by atoms with Crippen LogP contribution in [0.3, 0.4) is 0 Å². The minimum atomic E-state index is -0.323. The zero-order valence-electron chi connectivity index (χ0n) is 19.9. The highest BCUT2D eigenvalue weighted by atomic mass is 32.2. The fourth-order valence-electron chi connectivity index (χ4n) is 3.89. The number of benzene rings is 1. The fraction of sp³-hybridized carbons (Fsp3) is 0.259. The van der Waals surface area contributed by atoms with Crippen molar-refractivity contribution in [3.63, 3.8) is 0 Å². The number of para-hydroxylation sites is 1. The van der Waals surface area contributed by atoms with E-state index in [1.165, 1.54) is 29.2 Å². The number of ether oxygens (including phenoxy) is 1. The lowest BCUT2D eigenvalue weighted by molar-refractivity contribution is -0.111. The van der Waals surface area contributed by atoms with E-state index in [0.717, 1.165) is 28.0 Å². The highest BCUT2D eigenvalue weighted by molar-refractivity contribution is 8.13. The number of nitrogens with one attached hydrogen (secondary N) is 1. The van der Waals surface area contributed by atoms with Gasteiger partial charge >= 0.3 is 0 Å². The lowest BCUT2D eigenvalue weighted by Crippen LogP contribution is -2.33. The molecule has 0 saturated carbocycles. The smallest absolute Gasteiger partial charge is 0.281 e. The molecular formula is C27H26N4O3S2. The summed E-state index contributed by atoms with van der Waals surface area (Å²) in [6.45, 7) is 3.45. The Kier molecular flexibility index (Phi) is 8.76. The van der Waals surface area contributed by atoms with Crippen LogP contribution in [-0.2, 0) is 24.2 Å². The van der Waals surface area contributed by atoms with E-state index in [9.17, 15) is 14.9 Å². The Hall–Kier alpha value is -3.61. The molecule has 7 nitrogen and oxygen atoms in total. The van der Waals surface area contributed by atoms with Gasteiger partial charge in [0.25, 0.3) is 5.24 Å². The summed E-state index contributed by atoms with van der Waals surface area (Å²) in [6, 6.07) is 13.6. The van der Waals surface area contributed by atoms with Gasteiger partial charge in [0.2, 0.25) is 5.91 Å². The molecule has 0 saturated heterocycles. The van der Waals surface area contributed by atoms with Gasteiger partial charge in [-0.05, 0) is 55.2 Å². The van der Waals surface area contributed by atoms with Gasteiger partial charge in [0.1, 0.15) is 16.8 Å². The van der Waals surface area contributed by atoms with Crippen LogP contribution in [0.4, 0.5) is 9.80 Å². The third-order valence-electron chi connectivity index (χ3n) is 5.66. The van der Waals surface area contributed by atoms with Gasteiger partial charge in [-0.15, -0.1) is 11.3 Å². The molecule has 1 aliphatic heterocycles. The molecule has 184 valence electrons. The Labute approximate surface area is 218 Å². The Balaban J connectivity index is 1.38. The maximum atomic E-state index is 12.8. The topological polar surface area (TPSA) is 95.3 Å². The molecule has 0 aliphatic carbocycles. The van der Waals surface area contributed by atoms with Crippen LogP contribution in [0.5, 0.6) is 5.75 Å². The first-order valence-electron chi connectivity index (χ1n) is 11.6. The number of carbonyl (C=O) groups is 2. The van der Waals surface area contributed by atoms with E-state index in [2.05, 4.69) is 16.4 Å². The Morgan fingerprint density at radius 2 is 2.08 bits per heavy atom. The summed E-state index contributed by atoms with van der Waals surface area (Å²) in [6.07, 6.45) is 8.04. The zero-order valence-corrected chi connectivity index (χ0v) is 21.5. The summed E-state index contributed by atoms with van der Waals surface area (Å²) in [5.41, 5.74) is 3.37. The molecule has 1 aliphatic rings. The molecule has 1 N–H and O–H groups in total. The van der Waals surface area contributed by atoms with Gasteiger partial charge in [-0.1, -0.05) is 30.0 Å². The van der Waals surface area contributed by atoms with E-state index in [0.29, 0.717) is 48.2 Å². The molecule has 0 bridgehead atoms. The number of aromatic nitrogens is 1. The van der Waals surface area contributed by atoms with Crippen LogP contribution in [0.25, 0.3) is 6.08 Å². The summed E-state index contributed by atoms with van der Waals surface area (Å²) in [5, 5.41) is 13.2. The van der Waals surface area contributed by atoms with E-state index >= 15 is 0 Å². The van der Waals surface area contributed by atoms with Crippen molar-refractivity contribution < 1.29 is 14.3 Å². The van der Waals surface area contributed by atoms with Crippen molar-refractivity contribution in [2.75, 3.05) is 24.2 Å². The van der Waals surface area contributed by atoms with Crippen LogP contribution in [-0.4, -0.2) is 39.9 Å². The normalized spacial score (nSPS) is 12.7. The zero-order chi connectivity index (χ0) is 25.3. The van der Waals surface area contributed by atoms with Crippen molar-refractivity contribution >= 4 is 45.3 Å². The molecule has 2 aromatic heterocycles. The SMILES string of the molecule is CCOc1ccccc1/C=C/C(=O)Nc1sc2c(c1C#N)CCN(C(=O)SCCc1ccncc1)C2. The highest BCUT2D eigenvalue weighted by Crippen LogP contribution is 2.37. The predicted octanol–water partition coefficient (Wildman–Crippen LogP) is 5.52. The maximum Gasteiger partial charge on any atom is 0.281 e. The molecule has 0 atom stereocenters. The molecule has 0 spiro atoms. The number of pyridine rings is 1. The second-order valence-corrected chi connectivity index (χ2v) is 10.2. The minimum Gasteiger partial charge on any atom is -0.493 e. The van der Waals surface area contributed by atoms with Crippen molar-refractivity contribution in [2.24, 2.45) is 0 Å². The van der Waals surface area contributed by atoms with Crippen LogP contribution in [0.1, 0.15) is 34.1 Å². The number of nitrogens with zero attached hydrogens (tertiary/aromatic N) is 3. The fourth-order valence-corrected chi connectivity index (χ4v) is 5.95. The molecule has 3 heterocycles. The van der Waals surface area contributed by atoms with Crippen LogP contribution in [0, 0.1) is 11.3 Å². The molecule has 0 radical (unpaired) electrons. The van der Waals surface area contributed by atoms with Crippen molar-refractivity contribution in [1.29, 1.82) is 5.26 Å². The van der Waals surface area contributed by atoms with Crippen LogP contribution in [0.2, 0.25) is 0 Å². The van der Waals surface area contributed by atoms with Crippen molar-refractivity contribution in [1.82, 2.24) is 9.88 Å². The lowest BCUT2D eigenvalue weighted by Gasteiger charge is -2.26. The van der Waals surface area contributed by atoms with Crippen molar-refractivity contribution in [3.8, 4) is 11.8 Å². The summed E-state index contributed by atoms with van der Waals surface area (Å²) in [7, 11) is 0. The number of carbonyl (C=O) groups excluding carboxylic acids is 2.